The monoisotopic (exact) mass is 232 g/mol. The summed E-state index contributed by atoms with van der Waals surface area (Å²) >= 11 is 0. The first-order chi connectivity index (χ1) is 8.04. The zero-order valence-corrected chi connectivity index (χ0v) is 11.0. The summed E-state index contributed by atoms with van der Waals surface area (Å²) in [6.45, 7) is 7.55. The van der Waals surface area contributed by atoms with Crippen LogP contribution in [0.5, 0.6) is 0 Å². The second-order valence-corrected chi connectivity index (χ2v) is 5.25. The highest BCUT2D eigenvalue weighted by molar-refractivity contribution is 5.75. The SMILES string of the molecule is CNCCc1nc2cnccc2n1C(C)(C)C. The van der Waals surface area contributed by atoms with Gasteiger partial charge < -0.3 is 9.88 Å². The predicted octanol–water partition coefficient (Wildman–Crippen LogP) is 1.95. The number of pyridine rings is 1. The first kappa shape index (κ1) is 12.0. The standard InChI is InChI=1S/C13H20N4/c1-13(2,3)17-11-5-8-15-9-10(11)16-12(17)6-7-14-4/h5,8-9,14H,6-7H2,1-4H3. The average molecular weight is 232 g/mol. The third-order valence-electron chi connectivity index (χ3n) is 2.80. The topological polar surface area (TPSA) is 42.7 Å². The van der Waals surface area contributed by atoms with Crippen LogP contribution in [0.4, 0.5) is 0 Å². The lowest BCUT2D eigenvalue weighted by molar-refractivity contribution is 0.393. The van der Waals surface area contributed by atoms with Crippen molar-refractivity contribution in [1.29, 1.82) is 0 Å². The lowest BCUT2D eigenvalue weighted by atomic mass is 10.1. The lowest BCUT2D eigenvalue weighted by Crippen LogP contribution is -2.25. The molecule has 0 saturated heterocycles. The van der Waals surface area contributed by atoms with Gasteiger partial charge in [-0.1, -0.05) is 0 Å². The van der Waals surface area contributed by atoms with Crippen LogP contribution in [-0.4, -0.2) is 28.1 Å². The lowest BCUT2D eigenvalue weighted by Gasteiger charge is -2.24. The Bertz CT molecular complexity index is 508. The first-order valence-corrected chi connectivity index (χ1v) is 6.00. The summed E-state index contributed by atoms with van der Waals surface area (Å²) in [5.41, 5.74) is 2.19. The van der Waals surface area contributed by atoms with Crippen LogP contribution in [0.15, 0.2) is 18.5 Å². The molecule has 0 unspecified atom stereocenters. The molecule has 0 aliphatic rings. The zero-order valence-electron chi connectivity index (χ0n) is 11.0. The third-order valence-corrected chi connectivity index (χ3v) is 2.80. The minimum atomic E-state index is 0.0409. The fourth-order valence-electron chi connectivity index (χ4n) is 2.14. The number of aromatic nitrogens is 3. The van der Waals surface area contributed by atoms with Crippen LogP contribution >= 0.6 is 0 Å². The molecule has 0 aliphatic heterocycles. The van der Waals surface area contributed by atoms with Gasteiger partial charge in [-0.15, -0.1) is 0 Å². The molecule has 17 heavy (non-hydrogen) atoms. The molecule has 0 atom stereocenters. The molecule has 0 amide bonds. The summed E-state index contributed by atoms with van der Waals surface area (Å²) in [6, 6.07) is 2.04. The maximum atomic E-state index is 4.68. The molecule has 0 aliphatic carbocycles. The van der Waals surface area contributed by atoms with E-state index in [1.165, 1.54) is 5.52 Å². The van der Waals surface area contributed by atoms with Crippen molar-refractivity contribution in [3.05, 3.63) is 24.3 Å². The number of imidazole rings is 1. The van der Waals surface area contributed by atoms with E-state index in [0.717, 1.165) is 24.3 Å². The number of nitrogens with zero attached hydrogens (tertiary/aromatic N) is 3. The van der Waals surface area contributed by atoms with Gasteiger partial charge in [0.15, 0.2) is 0 Å². The molecule has 0 bridgehead atoms. The molecule has 0 saturated carbocycles. The Hall–Kier alpha value is -1.42. The van der Waals surface area contributed by atoms with E-state index in [1.54, 1.807) is 0 Å². The quantitative estimate of drug-likeness (QED) is 0.879. The van der Waals surface area contributed by atoms with Crippen molar-refractivity contribution in [3.63, 3.8) is 0 Å². The molecule has 4 nitrogen and oxygen atoms in total. The fourth-order valence-corrected chi connectivity index (χ4v) is 2.14. The Kier molecular flexibility index (Phi) is 3.15. The summed E-state index contributed by atoms with van der Waals surface area (Å²) in [4.78, 5) is 8.82. The van der Waals surface area contributed by atoms with E-state index in [1.807, 2.05) is 25.5 Å². The normalized spacial score (nSPS) is 12.2. The van der Waals surface area contributed by atoms with E-state index < -0.39 is 0 Å². The minimum Gasteiger partial charge on any atom is -0.322 e. The molecular weight excluding hydrogens is 212 g/mol. The molecule has 2 aromatic heterocycles. The van der Waals surface area contributed by atoms with Gasteiger partial charge in [0.2, 0.25) is 0 Å². The van der Waals surface area contributed by atoms with Crippen molar-refractivity contribution >= 4 is 11.0 Å². The molecule has 4 heteroatoms. The average Bonchev–Trinajstić information content (AvgIpc) is 2.63. The fraction of sp³-hybridized carbons (Fsp3) is 0.538. The number of fused-ring (bicyclic) bond motifs is 1. The Morgan fingerprint density at radius 1 is 1.35 bits per heavy atom. The van der Waals surface area contributed by atoms with Crippen molar-refractivity contribution in [3.8, 4) is 0 Å². The van der Waals surface area contributed by atoms with Crippen molar-refractivity contribution in [2.45, 2.75) is 32.7 Å². The van der Waals surface area contributed by atoms with Crippen molar-refractivity contribution in [2.24, 2.45) is 0 Å². The summed E-state index contributed by atoms with van der Waals surface area (Å²) < 4.78 is 2.31. The van der Waals surface area contributed by atoms with Gasteiger partial charge in [0.05, 0.1) is 11.7 Å². The van der Waals surface area contributed by atoms with Gasteiger partial charge in [0, 0.05) is 24.7 Å². The molecule has 1 N–H and O–H groups in total. The van der Waals surface area contributed by atoms with E-state index in [2.05, 4.69) is 40.6 Å². The number of hydrogen-bond donors (Lipinski definition) is 1. The maximum absolute atomic E-state index is 4.68. The van der Waals surface area contributed by atoms with Crippen molar-refractivity contribution in [1.82, 2.24) is 19.9 Å². The molecule has 2 rings (SSSR count). The predicted molar refractivity (Wildman–Crippen MR) is 70.2 cm³/mol. The van der Waals surface area contributed by atoms with Crippen molar-refractivity contribution < 1.29 is 0 Å². The summed E-state index contributed by atoms with van der Waals surface area (Å²) in [7, 11) is 1.96. The highest BCUT2D eigenvalue weighted by atomic mass is 15.1. The van der Waals surface area contributed by atoms with E-state index in [4.69, 9.17) is 0 Å². The second-order valence-electron chi connectivity index (χ2n) is 5.25. The van der Waals surface area contributed by atoms with E-state index in [9.17, 15) is 0 Å². The van der Waals surface area contributed by atoms with Gasteiger partial charge in [0.25, 0.3) is 0 Å². The molecule has 2 aromatic rings. The van der Waals surface area contributed by atoms with Gasteiger partial charge in [-0.3, -0.25) is 4.98 Å². The highest BCUT2D eigenvalue weighted by Crippen LogP contribution is 2.24. The van der Waals surface area contributed by atoms with Crippen LogP contribution in [0.1, 0.15) is 26.6 Å². The van der Waals surface area contributed by atoms with Crippen LogP contribution in [0, 0.1) is 0 Å². The largest absolute Gasteiger partial charge is 0.322 e. The van der Waals surface area contributed by atoms with Crippen LogP contribution in [0.3, 0.4) is 0 Å². The molecule has 0 radical (unpaired) electrons. The third kappa shape index (κ3) is 2.31. The van der Waals surface area contributed by atoms with Crippen molar-refractivity contribution in [2.75, 3.05) is 13.6 Å². The zero-order chi connectivity index (χ0) is 12.5. The minimum absolute atomic E-state index is 0.0409. The van der Waals surface area contributed by atoms with Gasteiger partial charge in [0.1, 0.15) is 11.3 Å². The van der Waals surface area contributed by atoms with Gasteiger partial charge in [-0.2, -0.15) is 0 Å². The summed E-state index contributed by atoms with van der Waals surface area (Å²) in [5, 5.41) is 3.17. The Labute approximate surface area is 102 Å². The molecule has 2 heterocycles. The van der Waals surface area contributed by atoms with E-state index >= 15 is 0 Å². The number of nitrogens with one attached hydrogen (secondary N) is 1. The van der Waals surface area contributed by atoms with Gasteiger partial charge >= 0.3 is 0 Å². The van der Waals surface area contributed by atoms with Gasteiger partial charge in [-0.05, 0) is 33.9 Å². The summed E-state index contributed by atoms with van der Waals surface area (Å²) in [6.07, 6.45) is 4.59. The molecular formula is C13H20N4. The first-order valence-electron chi connectivity index (χ1n) is 6.00. The van der Waals surface area contributed by atoms with Crippen LogP contribution in [0.25, 0.3) is 11.0 Å². The van der Waals surface area contributed by atoms with Crippen LogP contribution in [-0.2, 0) is 12.0 Å². The summed E-state index contributed by atoms with van der Waals surface area (Å²) in [5.74, 6) is 1.12. The van der Waals surface area contributed by atoms with E-state index in [-0.39, 0.29) is 5.54 Å². The van der Waals surface area contributed by atoms with Crippen LogP contribution < -0.4 is 5.32 Å². The molecule has 92 valence electrons. The Morgan fingerprint density at radius 2 is 2.12 bits per heavy atom. The number of hydrogen-bond acceptors (Lipinski definition) is 3. The van der Waals surface area contributed by atoms with E-state index in [0.29, 0.717) is 0 Å². The smallest absolute Gasteiger partial charge is 0.111 e. The number of rotatable bonds is 3. The molecule has 0 fully saturated rings. The van der Waals surface area contributed by atoms with Gasteiger partial charge in [-0.25, -0.2) is 4.98 Å². The molecule has 0 spiro atoms. The second kappa shape index (κ2) is 4.45. The molecule has 0 aromatic carbocycles. The highest BCUT2D eigenvalue weighted by Gasteiger charge is 2.20. The van der Waals surface area contributed by atoms with Crippen LogP contribution in [0.2, 0.25) is 0 Å². The Balaban J connectivity index is 2.57. The Morgan fingerprint density at radius 3 is 2.76 bits per heavy atom. The number of likely N-dealkylation sites (N-methyl/N-ethyl adjacent to an activating group) is 1. The maximum Gasteiger partial charge on any atom is 0.111 e.